The number of rotatable bonds is 6. The van der Waals surface area contributed by atoms with Crippen LogP contribution in [-0.2, 0) is 4.79 Å². The third kappa shape index (κ3) is 4.89. The van der Waals surface area contributed by atoms with Crippen molar-refractivity contribution in [3.8, 4) is 5.75 Å². The van der Waals surface area contributed by atoms with Gasteiger partial charge in [-0.05, 0) is 42.5 Å². The highest BCUT2D eigenvalue weighted by atomic mass is 79.9. The largest absolute Gasteiger partial charge is 0.482 e. The van der Waals surface area contributed by atoms with Gasteiger partial charge in [0.15, 0.2) is 24.0 Å². The van der Waals surface area contributed by atoms with Crippen LogP contribution in [0.3, 0.4) is 0 Å². The smallest absolute Gasteiger partial charge is 0.226 e. The highest BCUT2D eigenvalue weighted by molar-refractivity contribution is 9.10. The Balaban J connectivity index is 1.96. The molecule has 24 heavy (non-hydrogen) atoms. The van der Waals surface area contributed by atoms with Crippen LogP contribution in [-0.4, -0.2) is 18.3 Å². The third-order valence-corrected chi connectivity index (χ3v) is 3.74. The van der Waals surface area contributed by atoms with Crippen molar-refractivity contribution in [2.45, 2.75) is 13.8 Å². The molecule has 0 radical (unpaired) electrons. The van der Waals surface area contributed by atoms with Crippen LogP contribution >= 0.6 is 15.9 Å². The molecule has 0 aliphatic carbocycles. The van der Waals surface area contributed by atoms with E-state index in [0.29, 0.717) is 15.7 Å². The van der Waals surface area contributed by atoms with Gasteiger partial charge in [-0.1, -0.05) is 29.8 Å². The molecule has 6 heteroatoms. The van der Waals surface area contributed by atoms with Crippen LogP contribution in [0.1, 0.15) is 24.2 Å². The maximum absolute atomic E-state index is 13.6. The molecule has 0 aromatic heterocycles. The van der Waals surface area contributed by atoms with Crippen LogP contribution in [0, 0.1) is 11.7 Å². The van der Waals surface area contributed by atoms with Crippen molar-refractivity contribution in [2.24, 2.45) is 5.92 Å². The summed E-state index contributed by atoms with van der Waals surface area (Å²) >= 11 is 3.15. The molecule has 0 saturated heterocycles. The molecule has 2 aromatic carbocycles. The Morgan fingerprint density at radius 2 is 1.83 bits per heavy atom. The van der Waals surface area contributed by atoms with E-state index in [2.05, 4.69) is 21.2 Å². The Hall–Kier alpha value is -2.21. The zero-order valence-electron chi connectivity index (χ0n) is 13.3. The van der Waals surface area contributed by atoms with Gasteiger partial charge in [0.2, 0.25) is 5.91 Å². The molecule has 4 nitrogen and oxygen atoms in total. The van der Waals surface area contributed by atoms with Gasteiger partial charge in [0.25, 0.3) is 0 Å². The van der Waals surface area contributed by atoms with Crippen LogP contribution in [0.2, 0.25) is 0 Å². The van der Waals surface area contributed by atoms with E-state index in [4.69, 9.17) is 4.74 Å². The number of hydrogen-bond acceptors (Lipinski definition) is 3. The minimum absolute atomic E-state index is 0.0207. The number of ether oxygens (including phenoxy) is 1. The Morgan fingerprint density at radius 1 is 1.17 bits per heavy atom. The van der Waals surface area contributed by atoms with E-state index in [1.165, 1.54) is 12.1 Å². The molecule has 126 valence electrons. The van der Waals surface area contributed by atoms with E-state index in [0.717, 1.165) is 0 Å². The summed E-state index contributed by atoms with van der Waals surface area (Å²) in [5, 5.41) is 2.74. The summed E-state index contributed by atoms with van der Waals surface area (Å²) in [7, 11) is 0. The van der Waals surface area contributed by atoms with Gasteiger partial charge in [0, 0.05) is 21.6 Å². The number of hydrogen-bond donors (Lipinski definition) is 1. The highest BCUT2D eigenvalue weighted by Gasteiger charge is 2.11. The molecule has 0 heterocycles. The molecule has 0 bridgehead atoms. The Labute approximate surface area is 148 Å². The van der Waals surface area contributed by atoms with Gasteiger partial charge >= 0.3 is 0 Å². The first-order valence-electron chi connectivity index (χ1n) is 7.39. The van der Waals surface area contributed by atoms with E-state index in [9.17, 15) is 14.0 Å². The first-order chi connectivity index (χ1) is 11.4. The quantitative estimate of drug-likeness (QED) is 0.737. The lowest BCUT2D eigenvalue weighted by Gasteiger charge is -2.09. The van der Waals surface area contributed by atoms with Crippen molar-refractivity contribution in [3.05, 3.63) is 58.3 Å². The van der Waals surface area contributed by atoms with E-state index >= 15 is 0 Å². The summed E-state index contributed by atoms with van der Waals surface area (Å²) in [6.45, 7) is 3.33. The summed E-state index contributed by atoms with van der Waals surface area (Å²) < 4.78 is 19.5. The van der Waals surface area contributed by atoms with E-state index < -0.39 is 5.82 Å². The zero-order chi connectivity index (χ0) is 17.7. The van der Waals surface area contributed by atoms with Gasteiger partial charge in [-0.3, -0.25) is 9.59 Å². The maximum atomic E-state index is 13.6. The van der Waals surface area contributed by atoms with Gasteiger partial charge in [-0.2, -0.15) is 0 Å². The molecule has 1 amide bonds. The number of carbonyl (C=O) groups excluding carboxylic acids is 2. The lowest BCUT2D eigenvalue weighted by Crippen LogP contribution is -2.18. The number of ketones is 1. The van der Waals surface area contributed by atoms with Crippen LogP contribution in [0.5, 0.6) is 5.75 Å². The molecule has 1 N–H and O–H groups in total. The minimum atomic E-state index is -0.538. The van der Waals surface area contributed by atoms with Crippen molar-refractivity contribution in [2.75, 3.05) is 11.9 Å². The second-order valence-corrected chi connectivity index (χ2v) is 6.42. The monoisotopic (exact) mass is 393 g/mol. The van der Waals surface area contributed by atoms with Gasteiger partial charge in [-0.15, -0.1) is 0 Å². The Kier molecular flexibility index (Phi) is 6.09. The topological polar surface area (TPSA) is 55.4 Å². The number of benzene rings is 2. The minimum Gasteiger partial charge on any atom is -0.482 e. The zero-order valence-corrected chi connectivity index (χ0v) is 14.9. The Bertz CT molecular complexity index is 744. The van der Waals surface area contributed by atoms with Crippen molar-refractivity contribution < 1.29 is 18.7 Å². The molecule has 0 unspecified atom stereocenters. The molecule has 0 fully saturated rings. The average molecular weight is 394 g/mol. The molecule has 0 saturated carbocycles. The summed E-state index contributed by atoms with van der Waals surface area (Å²) in [4.78, 5) is 23.7. The molecule has 0 aliphatic rings. The lowest BCUT2D eigenvalue weighted by atomic mass is 10.1. The molecular weight excluding hydrogens is 377 g/mol. The van der Waals surface area contributed by atoms with Crippen molar-refractivity contribution >= 4 is 33.3 Å². The van der Waals surface area contributed by atoms with E-state index in [-0.39, 0.29) is 30.0 Å². The summed E-state index contributed by atoms with van der Waals surface area (Å²) in [6, 6.07) is 10.8. The van der Waals surface area contributed by atoms with Crippen molar-refractivity contribution in [1.29, 1.82) is 0 Å². The van der Waals surface area contributed by atoms with E-state index in [1.807, 2.05) is 0 Å². The molecular formula is C18H17BrFNO3. The van der Waals surface area contributed by atoms with E-state index in [1.54, 1.807) is 44.2 Å². The fourth-order valence-corrected chi connectivity index (χ4v) is 2.18. The van der Waals surface area contributed by atoms with Crippen LogP contribution < -0.4 is 10.1 Å². The number of carbonyl (C=O) groups is 2. The first kappa shape index (κ1) is 18.1. The number of anilines is 1. The maximum Gasteiger partial charge on any atom is 0.226 e. The molecule has 2 rings (SSSR count). The standard InChI is InChI=1S/C18H17BrFNO3/c1-11(2)18(23)21-14-6-3-12(4-7-14)16(22)10-24-17-8-5-13(19)9-15(17)20/h3-9,11H,10H2,1-2H3,(H,21,23). The summed E-state index contributed by atoms with van der Waals surface area (Å²) in [5.41, 5.74) is 1.04. The van der Waals surface area contributed by atoms with Gasteiger partial charge in [0.1, 0.15) is 0 Å². The summed E-state index contributed by atoms with van der Waals surface area (Å²) in [6.07, 6.45) is 0. The predicted molar refractivity (Wildman–Crippen MR) is 93.8 cm³/mol. The van der Waals surface area contributed by atoms with Gasteiger partial charge in [0.05, 0.1) is 0 Å². The summed E-state index contributed by atoms with van der Waals surface area (Å²) in [5.74, 6) is -1.01. The molecule has 0 atom stereocenters. The highest BCUT2D eigenvalue weighted by Crippen LogP contribution is 2.21. The molecule has 2 aromatic rings. The van der Waals surface area contributed by atoms with Gasteiger partial charge in [-0.25, -0.2) is 4.39 Å². The first-order valence-corrected chi connectivity index (χ1v) is 8.18. The second-order valence-electron chi connectivity index (χ2n) is 5.51. The van der Waals surface area contributed by atoms with Crippen molar-refractivity contribution in [3.63, 3.8) is 0 Å². The predicted octanol–water partition coefficient (Wildman–Crippen LogP) is 4.44. The average Bonchev–Trinajstić information content (AvgIpc) is 2.54. The number of Topliss-reactive ketones (excluding diaryl/α,β-unsaturated/α-hetero) is 1. The fourth-order valence-electron chi connectivity index (χ4n) is 1.84. The van der Waals surface area contributed by atoms with Crippen molar-refractivity contribution in [1.82, 2.24) is 0 Å². The third-order valence-electron chi connectivity index (χ3n) is 3.25. The number of nitrogens with one attached hydrogen (secondary N) is 1. The molecule has 0 spiro atoms. The Morgan fingerprint density at radius 3 is 2.42 bits per heavy atom. The van der Waals surface area contributed by atoms with Crippen LogP contribution in [0.4, 0.5) is 10.1 Å². The van der Waals surface area contributed by atoms with Crippen LogP contribution in [0.25, 0.3) is 0 Å². The van der Waals surface area contributed by atoms with Crippen LogP contribution in [0.15, 0.2) is 46.9 Å². The lowest BCUT2D eigenvalue weighted by molar-refractivity contribution is -0.118. The second kappa shape index (κ2) is 8.06. The fraction of sp³-hybridized carbons (Fsp3) is 0.222. The number of halogens is 2. The number of amides is 1. The normalized spacial score (nSPS) is 10.5. The SMILES string of the molecule is CC(C)C(=O)Nc1ccc(C(=O)COc2ccc(Br)cc2F)cc1. The van der Waals surface area contributed by atoms with Gasteiger partial charge < -0.3 is 10.1 Å². The molecule has 0 aliphatic heterocycles.